The summed E-state index contributed by atoms with van der Waals surface area (Å²) >= 11 is 13.7. The number of amidine groups is 1. The lowest BCUT2D eigenvalue weighted by Gasteiger charge is -2.12. The van der Waals surface area contributed by atoms with Gasteiger partial charge in [-0.05, 0) is 73.6 Å². The quantitative estimate of drug-likeness (QED) is 0.363. The van der Waals surface area contributed by atoms with Crippen LogP contribution in [0.2, 0.25) is 10.0 Å². The molecular formula is C22H19Cl2FN2O4S. The third kappa shape index (κ3) is 5.82. The van der Waals surface area contributed by atoms with Crippen LogP contribution in [-0.2, 0) is 14.3 Å². The molecule has 0 N–H and O–H groups in total. The zero-order chi connectivity index (χ0) is 23.3. The predicted molar refractivity (Wildman–Crippen MR) is 125 cm³/mol. The van der Waals surface area contributed by atoms with Crippen molar-refractivity contribution in [1.82, 2.24) is 4.90 Å². The van der Waals surface area contributed by atoms with Crippen molar-refractivity contribution in [2.75, 3.05) is 19.8 Å². The number of halogens is 3. The molecule has 0 atom stereocenters. The molecule has 1 fully saturated rings. The molecule has 32 heavy (non-hydrogen) atoms. The Morgan fingerprint density at radius 1 is 1.19 bits per heavy atom. The van der Waals surface area contributed by atoms with Gasteiger partial charge >= 0.3 is 5.97 Å². The number of benzene rings is 2. The molecule has 3 rings (SSSR count). The van der Waals surface area contributed by atoms with Gasteiger partial charge in [0.1, 0.15) is 5.82 Å². The molecule has 1 aliphatic heterocycles. The molecule has 0 aliphatic carbocycles. The first-order valence-electron chi connectivity index (χ1n) is 9.65. The van der Waals surface area contributed by atoms with Crippen LogP contribution in [0.3, 0.4) is 0 Å². The molecule has 1 heterocycles. The molecule has 0 spiro atoms. The van der Waals surface area contributed by atoms with E-state index in [0.717, 1.165) is 0 Å². The monoisotopic (exact) mass is 496 g/mol. The van der Waals surface area contributed by atoms with Crippen molar-refractivity contribution >= 4 is 63.8 Å². The second-order valence-electron chi connectivity index (χ2n) is 6.44. The van der Waals surface area contributed by atoms with Gasteiger partial charge in [-0.15, -0.1) is 0 Å². The molecule has 0 saturated carbocycles. The molecule has 10 heteroatoms. The fourth-order valence-electron chi connectivity index (χ4n) is 2.78. The molecule has 1 saturated heterocycles. The SMILES string of the molecule is CCOC(=O)COc1c(Cl)cc(/C=C2/SC(=Nc3ccc(F)cc3)N(CC)C2=O)cc1Cl. The van der Waals surface area contributed by atoms with Gasteiger partial charge in [0.05, 0.1) is 27.2 Å². The summed E-state index contributed by atoms with van der Waals surface area (Å²) in [5, 5.41) is 0.871. The van der Waals surface area contributed by atoms with E-state index in [2.05, 4.69) is 4.99 Å². The third-order valence-corrected chi connectivity index (χ3v) is 5.78. The number of carbonyl (C=O) groups is 2. The van der Waals surface area contributed by atoms with E-state index < -0.39 is 5.97 Å². The Bertz CT molecular complexity index is 1070. The van der Waals surface area contributed by atoms with Crippen LogP contribution in [0.4, 0.5) is 10.1 Å². The average Bonchev–Trinajstić information content (AvgIpc) is 3.03. The van der Waals surface area contributed by atoms with E-state index in [1.54, 1.807) is 25.1 Å². The standard InChI is InChI=1S/C22H19Cl2FN2O4S/c1-3-27-21(29)18(32-22(27)26-15-7-5-14(25)6-8-15)11-13-9-16(23)20(17(24)10-13)31-12-19(28)30-4-2/h5-11H,3-4,12H2,1-2H3/b18-11+,26-22?. The van der Waals surface area contributed by atoms with Crippen molar-refractivity contribution in [3.05, 3.63) is 62.7 Å². The number of carbonyl (C=O) groups excluding carboxylic acids is 2. The van der Waals surface area contributed by atoms with Gasteiger partial charge in [0.2, 0.25) is 0 Å². The molecular weight excluding hydrogens is 478 g/mol. The lowest BCUT2D eigenvalue weighted by atomic mass is 10.2. The van der Waals surface area contributed by atoms with E-state index in [9.17, 15) is 14.0 Å². The number of hydrogen-bond acceptors (Lipinski definition) is 6. The van der Waals surface area contributed by atoms with Gasteiger partial charge in [-0.2, -0.15) is 0 Å². The zero-order valence-corrected chi connectivity index (χ0v) is 19.6. The summed E-state index contributed by atoms with van der Waals surface area (Å²) in [5.74, 6) is -0.956. The highest BCUT2D eigenvalue weighted by atomic mass is 35.5. The first-order chi connectivity index (χ1) is 15.3. The topological polar surface area (TPSA) is 68.2 Å². The third-order valence-electron chi connectivity index (χ3n) is 4.21. The molecule has 0 radical (unpaired) electrons. The number of ether oxygens (including phenoxy) is 2. The molecule has 0 bridgehead atoms. The van der Waals surface area contributed by atoms with Gasteiger partial charge < -0.3 is 9.47 Å². The second kappa shape index (κ2) is 10.8. The van der Waals surface area contributed by atoms with E-state index in [0.29, 0.717) is 27.9 Å². The zero-order valence-electron chi connectivity index (χ0n) is 17.2. The maximum atomic E-state index is 13.1. The van der Waals surface area contributed by atoms with Gasteiger partial charge in [-0.1, -0.05) is 23.2 Å². The van der Waals surface area contributed by atoms with Crippen LogP contribution in [-0.4, -0.2) is 41.7 Å². The van der Waals surface area contributed by atoms with Gasteiger partial charge in [0.15, 0.2) is 17.5 Å². The summed E-state index contributed by atoms with van der Waals surface area (Å²) < 4.78 is 23.3. The van der Waals surface area contributed by atoms with Crippen molar-refractivity contribution < 1.29 is 23.5 Å². The number of rotatable bonds is 7. The van der Waals surface area contributed by atoms with Crippen LogP contribution in [0.1, 0.15) is 19.4 Å². The summed E-state index contributed by atoms with van der Waals surface area (Å²) in [6.45, 7) is 3.87. The highest BCUT2D eigenvalue weighted by Gasteiger charge is 2.32. The van der Waals surface area contributed by atoms with E-state index in [1.165, 1.54) is 40.9 Å². The van der Waals surface area contributed by atoms with Gasteiger partial charge in [0, 0.05) is 6.54 Å². The van der Waals surface area contributed by atoms with Crippen molar-refractivity contribution in [3.63, 3.8) is 0 Å². The molecule has 2 aromatic carbocycles. The van der Waals surface area contributed by atoms with Crippen LogP contribution in [0.15, 0.2) is 46.3 Å². The van der Waals surface area contributed by atoms with E-state index >= 15 is 0 Å². The fraction of sp³-hybridized carbons (Fsp3) is 0.227. The number of thioether (sulfide) groups is 1. The molecule has 0 aromatic heterocycles. The summed E-state index contributed by atoms with van der Waals surface area (Å²) in [6, 6.07) is 8.86. The van der Waals surface area contributed by atoms with Crippen LogP contribution >= 0.6 is 35.0 Å². The second-order valence-corrected chi connectivity index (χ2v) is 8.26. The van der Waals surface area contributed by atoms with Crippen LogP contribution in [0, 0.1) is 5.82 Å². The van der Waals surface area contributed by atoms with Gasteiger partial charge in [0.25, 0.3) is 5.91 Å². The minimum atomic E-state index is -0.536. The maximum Gasteiger partial charge on any atom is 0.344 e. The summed E-state index contributed by atoms with van der Waals surface area (Å²) in [5.41, 5.74) is 1.12. The molecule has 6 nitrogen and oxygen atoms in total. The summed E-state index contributed by atoms with van der Waals surface area (Å²) in [6.07, 6.45) is 1.65. The van der Waals surface area contributed by atoms with Crippen molar-refractivity contribution in [2.24, 2.45) is 4.99 Å². The summed E-state index contributed by atoms with van der Waals surface area (Å²) in [7, 11) is 0. The Morgan fingerprint density at radius 3 is 2.44 bits per heavy atom. The molecule has 1 aliphatic rings. The number of amides is 1. The number of esters is 1. The molecule has 0 unspecified atom stereocenters. The lowest BCUT2D eigenvalue weighted by molar-refractivity contribution is -0.145. The van der Waals surface area contributed by atoms with E-state index in [4.69, 9.17) is 32.7 Å². The van der Waals surface area contributed by atoms with Crippen molar-refractivity contribution in [1.29, 1.82) is 0 Å². The first kappa shape index (κ1) is 24.1. The van der Waals surface area contributed by atoms with E-state index in [-0.39, 0.29) is 40.7 Å². The van der Waals surface area contributed by atoms with Gasteiger partial charge in [-0.25, -0.2) is 14.2 Å². The Balaban J connectivity index is 1.83. The Kier molecular flexibility index (Phi) is 8.17. The Labute approximate surface area is 199 Å². The molecule has 168 valence electrons. The van der Waals surface area contributed by atoms with Crippen molar-refractivity contribution in [3.8, 4) is 5.75 Å². The number of hydrogen-bond donors (Lipinski definition) is 0. The predicted octanol–water partition coefficient (Wildman–Crippen LogP) is 5.70. The maximum absolute atomic E-state index is 13.1. The highest BCUT2D eigenvalue weighted by molar-refractivity contribution is 8.18. The highest BCUT2D eigenvalue weighted by Crippen LogP contribution is 2.38. The fourth-order valence-corrected chi connectivity index (χ4v) is 4.46. The van der Waals surface area contributed by atoms with Crippen molar-refractivity contribution in [2.45, 2.75) is 13.8 Å². The van der Waals surface area contributed by atoms with E-state index in [1.807, 2.05) is 6.92 Å². The molecule has 2 aromatic rings. The van der Waals surface area contributed by atoms with Crippen LogP contribution in [0.5, 0.6) is 5.75 Å². The normalized spacial score (nSPS) is 16.2. The average molecular weight is 497 g/mol. The Hall–Kier alpha value is -2.55. The van der Waals surface area contributed by atoms with Gasteiger partial charge in [-0.3, -0.25) is 9.69 Å². The molecule has 1 amide bonds. The smallest absolute Gasteiger partial charge is 0.344 e. The largest absolute Gasteiger partial charge is 0.479 e. The number of aliphatic imine (C=N–C) groups is 1. The Morgan fingerprint density at radius 2 is 1.84 bits per heavy atom. The van der Waals surface area contributed by atoms with Crippen LogP contribution in [0.25, 0.3) is 6.08 Å². The number of nitrogens with zero attached hydrogens (tertiary/aromatic N) is 2. The minimum Gasteiger partial charge on any atom is -0.479 e. The first-order valence-corrected chi connectivity index (χ1v) is 11.2. The minimum absolute atomic E-state index is 0.155. The number of likely N-dealkylation sites (N-methyl/N-ethyl adjacent to an activating group) is 1. The summed E-state index contributed by atoms with van der Waals surface area (Å²) in [4.78, 5) is 30.7. The lowest BCUT2D eigenvalue weighted by Crippen LogP contribution is -2.28. The van der Waals surface area contributed by atoms with Crippen LogP contribution < -0.4 is 4.74 Å².